The van der Waals surface area contributed by atoms with Gasteiger partial charge in [0.1, 0.15) is 11.4 Å². The third-order valence-corrected chi connectivity index (χ3v) is 5.58. The van der Waals surface area contributed by atoms with Crippen LogP contribution in [-0.4, -0.2) is 47.8 Å². The van der Waals surface area contributed by atoms with Gasteiger partial charge in [0, 0.05) is 30.7 Å². The molecule has 1 saturated carbocycles. The number of aliphatic hydroxyl groups excluding tert-OH is 2. The van der Waals surface area contributed by atoms with Crippen molar-refractivity contribution in [1.29, 1.82) is 0 Å². The molecule has 6 N–H and O–H groups in total. The highest BCUT2D eigenvalue weighted by atomic mass is 16.3. The van der Waals surface area contributed by atoms with Crippen molar-refractivity contribution in [3.05, 3.63) is 59.8 Å². The number of rotatable bonds is 7. The van der Waals surface area contributed by atoms with Crippen LogP contribution in [-0.2, 0) is 13.2 Å². The van der Waals surface area contributed by atoms with E-state index in [1.54, 1.807) is 12.5 Å². The van der Waals surface area contributed by atoms with Crippen LogP contribution in [0, 0.1) is 0 Å². The molecule has 0 bridgehead atoms. The van der Waals surface area contributed by atoms with Crippen LogP contribution in [0.5, 0.6) is 0 Å². The molecule has 168 valence electrons. The van der Waals surface area contributed by atoms with Crippen molar-refractivity contribution in [2.75, 3.05) is 11.1 Å². The predicted molar refractivity (Wildman–Crippen MR) is 119 cm³/mol. The van der Waals surface area contributed by atoms with Crippen LogP contribution in [0.2, 0.25) is 0 Å². The highest BCUT2D eigenvalue weighted by molar-refractivity contribution is 5.98. The van der Waals surface area contributed by atoms with Crippen LogP contribution in [0.15, 0.2) is 43.0 Å². The van der Waals surface area contributed by atoms with Gasteiger partial charge in [-0.05, 0) is 43.4 Å². The number of aliphatic hydroxyl groups is 2. The first-order valence-corrected chi connectivity index (χ1v) is 10.6. The van der Waals surface area contributed by atoms with Gasteiger partial charge in [-0.25, -0.2) is 9.97 Å². The molecule has 0 spiro atoms. The molecule has 0 unspecified atom stereocenters. The van der Waals surface area contributed by atoms with Crippen LogP contribution in [0.3, 0.4) is 0 Å². The number of amides is 1. The van der Waals surface area contributed by atoms with E-state index in [1.807, 2.05) is 28.8 Å². The summed E-state index contributed by atoms with van der Waals surface area (Å²) < 4.78 is 1.82. The molecule has 10 nitrogen and oxygen atoms in total. The number of nitrogens with two attached hydrogens (primary N) is 1. The lowest BCUT2D eigenvalue weighted by Crippen LogP contribution is -2.31. The van der Waals surface area contributed by atoms with Crippen LogP contribution >= 0.6 is 0 Å². The van der Waals surface area contributed by atoms with E-state index in [1.165, 1.54) is 6.20 Å². The fourth-order valence-electron chi connectivity index (χ4n) is 3.74. The number of anilines is 2. The van der Waals surface area contributed by atoms with E-state index < -0.39 is 0 Å². The first kappa shape index (κ1) is 21.7. The minimum absolute atomic E-state index is 0.0966. The number of nitrogens with zero attached hydrogens (tertiary/aromatic N) is 4. The Labute approximate surface area is 185 Å². The van der Waals surface area contributed by atoms with Crippen molar-refractivity contribution in [3.63, 3.8) is 0 Å². The van der Waals surface area contributed by atoms with Gasteiger partial charge in [0.15, 0.2) is 0 Å². The van der Waals surface area contributed by atoms with Crippen molar-refractivity contribution in [2.24, 2.45) is 0 Å². The minimum Gasteiger partial charge on any atom is -0.393 e. The Morgan fingerprint density at radius 2 is 1.91 bits per heavy atom. The molecular weight excluding hydrogens is 410 g/mol. The van der Waals surface area contributed by atoms with Crippen LogP contribution in [0.4, 0.5) is 11.8 Å². The standard InChI is InChI=1S/C22H27N7O3/c23-22-25-10-19(20(28-22)27-15-3-7-18(31)8-4-15)21(32)24-9-14-1-5-17(6-2-14)29-11-16(12-30)26-13-29/h1-2,5-6,10-11,13,15,18,30-31H,3-4,7-9,12H2,(H,24,32)(H3,23,25,27,28). The molecule has 1 fully saturated rings. The van der Waals surface area contributed by atoms with E-state index in [2.05, 4.69) is 25.6 Å². The second-order valence-electron chi connectivity index (χ2n) is 7.92. The van der Waals surface area contributed by atoms with Crippen LogP contribution in [0.25, 0.3) is 5.69 Å². The highest BCUT2D eigenvalue weighted by Gasteiger charge is 2.22. The molecule has 1 amide bonds. The second-order valence-corrected chi connectivity index (χ2v) is 7.92. The molecule has 0 radical (unpaired) electrons. The Balaban J connectivity index is 1.39. The zero-order chi connectivity index (χ0) is 22.5. The number of hydrogen-bond acceptors (Lipinski definition) is 8. The summed E-state index contributed by atoms with van der Waals surface area (Å²) in [6.45, 7) is 0.232. The molecule has 2 heterocycles. The zero-order valence-electron chi connectivity index (χ0n) is 17.6. The average molecular weight is 438 g/mol. The van der Waals surface area contributed by atoms with Crippen molar-refractivity contribution in [2.45, 2.75) is 51.0 Å². The smallest absolute Gasteiger partial charge is 0.256 e. The summed E-state index contributed by atoms with van der Waals surface area (Å²) in [7, 11) is 0. The molecule has 1 aromatic carbocycles. The number of imidazole rings is 1. The normalized spacial score (nSPS) is 18.3. The van der Waals surface area contributed by atoms with E-state index in [-0.39, 0.29) is 30.6 Å². The molecule has 0 aliphatic heterocycles. The molecule has 3 aromatic rings. The molecule has 1 aliphatic carbocycles. The fourth-order valence-corrected chi connectivity index (χ4v) is 3.74. The molecule has 2 aromatic heterocycles. The van der Waals surface area contributed by atoms with Gasteiger partial charge in [0.05, 0.1) is 24.7 Å². The van der Waals surface area contributed by atoms with Gasteiger partial charge < -0.3 is 31.1 Å². The van der Waals surface area contributed by atoms with E-state index in [0.717, 1.165) is 36.9 Å². The van der Waals surface area contributed by atoms with E-state index in [4.69, 9.17) is 10.8 Å². The maximum atomic E-state index is 12.8. The van der Waals surface area contributed by atoms with Gasteiger partial charge in [-0.3, -0.25) is 4.79 Å². The second kappa shape index (κ2) is 9.75. The van der Waals surface area contributed by atoms with Crippen LogP contribution in [0.1, 0.15) is 47.3 Å². The number of carbonyl (C=O) groups excluding carboxylic acids is 1. The number of nitrogen functional groups attached to an aromatic ring is 1. The topological polar surface area (TPSA) is 151 Å². The first-order valence-electron chi connectivity index (χ1n) is 10.6. The summed E-state index contributed by atoms with van der Waals surface area (Å²) >= 11 is 0. The predicted octanol–water partition coefficient (Wildman–Crippen LogP) is 1.38. The maximum absolute atomic E-state index is 12.8. The van der Waals surface area contributed by atoms with E-state index in [9.17, 15) is 9.90 Å². The number of carbonyl (C=O) groups is 1. The van der Waals surface area contributed by atoms with Crippen molar-refractivity contribution >= 4 is 17.7 Å². The van der Waals surface area contributed by atoms with Gasteiger partial charge in [0.2, 0.25) is 5.95 Å². The Hall–Kier alpha value is -3.50. The quantitative estimate of drug-likeness (QED) is 0.372. The molecule has 32 heavy (non-hydrogen) atoms. The summed E-state index contributed by atoms with van der Waals surface area (Å²) in [5, 5.41) is 25.0. The van der Waals surface area contributed by atoms with Gasteiger partial charge >= 0.3 is 0 Å². The highest BCUT2D eigenvalue weighted by Crippen LogP contribution is 2.23. The Morgan fingerprint density at radius 1 is 1.16 bits per heavy atom. The molecule has 4 rings (SSSR count). The molecular formula is C22H27N7O3. The zero-order valence-corrected chi connectivity index (χ0v) is 17.6. The van der Waals surface area contributed by atoms with Gasteiger partial charge in [0.25, 0.3) is 5.91 Å². The number of aromatic nitrogens is 4. The molecule has 0 saturated heterocycles. The molecule has 1 aliphatic rings. The summed E-state index contributed by atoms with van der Waals surface area (Å²) in [4.78, 5) is 25.1. The van der Waals surface area contributed by atoms with E-state index >= 15 is 0 Å². The lowest BCUT2D eigenvalue weighted by molar-refractivity contribution is 0.0950. The fraction of sp³-hybridized carbons (Fsp3) is 0.364. The largest absolute Gasteiger partial charge is 0.393 e. The maximum Gasteiger partial charge on any atom is 0.256 e. The lowest BCUT2D eigenvalue weighted by atomic mass is 9.93. The summed E-state index contributed by atoms with van der Waals surface area (Å²) in [6, 6.07) is 7.80. The van der Waals surface area contributed by atoms with Gasteiger partial charge in [-0.15, -0.1) is 0 Å². The van der Waals surface area contributed by atoms with Gasteiger partial charge in [-0.1, -0.05) is 12.1 Å². The number of hydrogen-bond donors (Lipinski definition) is 5. The Morgan fingerprint density at radius 3 is 2.59 bits per heavy atom. The SMILES string of the molecule is Nc1ncc(C(=O)NCc2ccc(-n3cnc(CO)c3)cc2)c(NC2CCC(O)CC2)n1. The third-order valence-electron chi connectivity index (χ3n) is 5.58. The van der Waals surface area contributed by atoms with Gasteiger partial charge in [-0.2, -0.15) is 4.98 Å². The Bertz CT molecular complexity index is 1060. The monoisotopic (exact) mass is 437 g/mol. The molecule has 0 atom stereocenters. The minimum atomic E-state index is -0.297. The van der Waals surface area contributed by atoms with Crippen molar-refractivity contribution in [3.8, 4) is 5.69 Å². The summed E-state index contributed by atoms with van der Waals surface area (Å²) in [6.07, 6.45) is 7.61. The molecule has 10 heteroatoms. The average Bonchev–Trinajstić information content (AvgIpc) is 3.29. The van der Waals surface area contributed by atoms with Crippen molar-refractivity contribution in [1.82, 2.24) is 24.8 Å². The third kappa shape index (κ3) is 5.21. The van der Waals surface area contributed by atoms with Crippen molar-refractivity contribution < 1.29 is 15.0 Å². The first-order chi connectivity index (χ1) is 15.5. The number of benzene rings is 1. The number of nitrogens with one attached hydrogen (secondary N) is 2. The summed E-state index contributed by atoms with van der Waals surface area (Å²) in [5.41, 5.74) is 8.50. The Kier molecular flexibility index (Phi) is 6.62. The van der Waals surface area contributed by atoms with Crippen LogP contribution < -0.4 is 16.4 Å². The lowest BCUT2D eigenvalue weighted by Gasteiger charge is -2.27. The van der Waals surface area contributed by atoms with E-state index in [0.29, 0.717) is 23.6 Å². The summed E-state index contributed by atoms with van der Waals surface area (Å²) in [5.74, 6) is 0.209.